The number of fused-ring (bicyclic) bond motifs is 4. The summed E-state index contributed by atoms with van der Waals surface area (Å²) in [5.74, 6) is -2.94. The van der Waals surface area contributed by atoms with Crippen molar-refractivity contribution in [3.8, 4) is 45.3 Å². The van der Waals surface area contributed by atoms with Crippen LogP contribution in [0, 0.1) is 23.3 Å². The van der Waals surface area contributed by atoms with E-state index < -0.39 is 54.3 Å². The number of ether oxygens (including phenoxy) is 6. The van der Waals surface area contributed by atoms with Gasteiger partial charge in [0.1, 0.15) is 66.1 Å². The molecule has 0 aliphatic heterocycles. The molecule has 0 aliphatic carbocycles. The maximum absolute atomic E-state index is 13.9. The van der Waals surface area contributed by atoms with Crippen LogP contribution in [0.25, 0.3) is 65.9 Å². The first-order valence-electron chi connectivity index (χ1n) is 44.7. The number of carbonyl (C=O) groups excluding carboxylic acids is 3. The van der Waals surface area contributed by atoms with Crippen molar-refractivity contribution in [1.82, 2.24) is 18.3 Å². The number of carboxylic acids is 1. The Bertz CT molecular complexity index is 6630. The van der Waals surface area contributed by atoms with Crippen LogP contribution in [0.4, 0.5) is 17.6 Å². The summed E-state index contributed by atoms with van der Waals surface area (Å²) < 4.78 is 97.5. The molecular weight excluding hydrogens is 1930 g/mol. The van der Waals surface area contributed by atoms with E-state index in [2.05, 4.69) is 214 Å². The van der Waals surface area contributed by atoms with Gasteiger partial charge in [-0.1, -0.05) is 92.5 Å². The minimum absolute atomic E-state index is 0. The number of aromatic hydroxyl groups is 1. The zero-order valence-corrected chi connectivity index (χ0v) is 83.8. The van der Waals surface area contributed by atoms with E-state index in [0.29, 0.717) is 83.8 Å². The second-order valence-corrected chi connectivity index (χ2v) is 34.8. The number of aliphatic hydroxyl groups is 1. The van der Waals surface area contributed by atoms with Crippen LogP contribution >= 0.6 is 44.3 Å². The predicted octanol–water partition coefficient (Wildman–Crippen LogP) is 18.9. The Morgan fingerprint density at radius 2 is 0.698 bits per heavy atom. The third kappa shape index (κ3) is 32.0. The maximum atomic E-state index is 13.9. The van der Waals surface area contributed by atoms with Gasteiger partial charge in [0.25, 0.3) is 0 Å². The van der Waals surface area contributed by atoms with Crippen molar-refractivity contribution in [3.05, 3.63) is 337 Å². The van der Waals surface area contributed by atoms with E-state index in [9.17, 15) is 41.8 Å². The zero-order valence-electron chi connectivity index (χ0n) is 79.8. The number of rotatable bonds is 31. The average Bonchev–Trinajstić information content (AvgIpc) is 1.65. The van der Waals surface area contributed by atoms with Gasteiger partial charge in [0, 0.05) is 143 Å². The van der Waals surface area contributed by atoms with Crippen molar-refractivity contribution >= 4 is 124 Å². The Morgan fingerprint density at radius 3 is 1.04 bits per heavy atom. The van der Waals surface area contributed by atoms with Crippen molar-refractivity contribution in [2.24, 2.45) is 17.2 Å². The number of carbonyl (C=O) groups is 4. The summed E-state index contributed by atoms with van der Waals surface area (Å²) in [5.41, 5.74) is 34.7. The molecule has 15 aromatic rings. The van der Waals surface area contributed by atoms with Gasteiger partial charge in [0.15, 0.2) is 0 Å². The maximum Gasteiger partial charge on any atom is 1.00 e. The van der Waals surface area contributed by atoms with E-state index in [1.807, 2.05) is 48.5 Å². The minimum Gasteiger partial charge on any atom is -0.870 e. The van der Waals surface area contributed by atoms with Gasteiger partial charge in [0.05, 0.1) is 52.1 Å². The summed E-state index contributed by atoms with van der Waals surface area (Å²) >= 11 is 7.16. The number of aliphatic hydroxyl groups excluding tert-OH is 1. The molecule has 23 nitrogen and oxygen atoms in total. The molecule has 32 heteroatoms. The first kappa shape index (κ1) is 114. The summed E-state index contributed by atoms with van der Waals surface area (Å²) in [4.78, 5) is 46.0. The second-order valence-electron chi connectivity index (χ2n) is 33.1. The second kappa shape index (κ2) is 55.1. The molecule has 139 heavy (non-hydrogen) atoms. The van der Waals surface area contributed by atoms with Crippen LogP contribution in [0.1, 0.15) is 162 Å². The number of benzene rings is 11. The van der Waals surface area contributed by atoms with E-state index in [1.54, 1.807) is 51.1 Å². The first-order valence-corrected chi connectivity index (χ1v) is 46.3. The van der Waals surface area contributed by atoms with Gasteiger partial charge in [0.2, 0.25) is 0 Å². The van der Waals surface area contributed by atoms with Crippen LogP contribution < -0.4 is 55.7 Å². The van der Waals surface area contributed by atoms with Crippen LogP contribution in [0.2, 0.25) is 0 Å². The normalized spacial score (nSPS) is 10.8. The number of phenolic OH excluding ortho intramolecular Hbond substituents is 1. The van der Waals surface area contributed by atoms with Gasteiger partial charge < -0.3 is 94.7 Å². The van der Waals surface area contributed by atoms with Gasteiger partial charge in [-0.25, -0.2) is 17.6 Å². The molecular formula is C107H118BBr2ClF4LiN7O16. The Labute approximate surface area is 842 Å². The average molecular weight is 2050 g/mol. The molecule has 0 spiro atoms. The van der Waals surface area contributed by atoms with Crippen LogP contribution in [0.3, 0.4) is 0 Å². The van der Waals surface area contributed by atoms with E-state index in [0.717, 1.165) is 115 Å². The molecule has 730 valence electrons. The van der Waals surface area contributed by atoms with Crippen molar-refractivity contribution in [2.75, 3.05) is 19.8 Å². The Morgan fingerprint density at radius 1 is 0.388 bits per heavy atom. The third-order valence-electron chi connectivity index (χ3n) is 21.9. The molecule has 4 heterocycles. The van der Waals surface area contributed by atoms with Crippen molar-refractivity contribution in [3.63, 3.8) is 0 Å². The van der Waals surface area contributed by atoms with Crippen LogP contribution in [-0.4, -0.2) is 99.9 Å². The monoisotopic (exact) mass is 2040 g/mol. The third-order valence-corrected chi connectivity index (χ3v) is 23.2. The molecule has 0 atom stereocenters. The van der Waals surface area contributed by atoms with Crippen LogP contribution in [0.15, 0.2) is 252 Å². The van der Waals surface area contributed by atoms with Crippen LogP contribution in [0.5, 0.6) is 23.0 Å². The number of aliphatic carboxylic acids is 1. The number of halogens is 7. The topological polar surface area (TPSA) is 353 Å². The molecule has 12 N–H and O–H groups in total. The smallest absolute Gasteiger partial charge is 0.870 e. The largest absolute Gasteiger partial charge is 1.00 e. The fraction of sp³-hybridized carbons (Fsp3) is 0.271. The molecule has 0 unspecified atom stereocenters. The number of nitrogens with zero attached hydrogens (tertiary/aromatic N) is 4. The molecule has 4 aromatic heterocycles. The van der Waals surface area contributed by atoms with E-state index in [-0.39, 0.29) is 119 Å². The summed E-state index contributed by atoms with van der Waals surface area (Å²) in [5, 5.41) is 49.7. The molecule has 0 aliphatic rings. The minimum atomic E-state index is -1.40. The van der Waals surface area contributed by atoms with Gasteiger partial charge >= 0.3 is 49.9 Å². The fourth-order valence-electron chi connectivity index (χ4n) is 15.3. The number of nitrogens with two attached hydrogens (primary N) is 3. The van der Waals surface area contributed by atoms with Gasteiger partial charge in [-0.15, -0.1) is 12.4 Å². The summed E-state index contributed by atoms with van der Waals surface area (Å²) in [6.07, 6.45) is 7.85. The van der Waals surface area contributed by atoms with Crippen LogP contribution in [-0.2, 0) is 105 Å². The molecule has 0 saturated carbocycles. The quantitative estimate of drug-likeness (QED) is 0.00866. The number of aromatic nitrogens is 4. The SMILES string of the molecule is CC(C)n1ccc2c(-c3cccc(CN)c3)cc(COc3ccc(F)cc3CC(=O)O)cc21.CC(C)n1ccc2c(Br)cc(CO)cc21.CCOC(=O)Cc1cc(F)ccc1O.CCOC(=O)Cc1cc(F)ccc1OCc1cc(-c2cccc(CN)c2)c2ccn(C(C)C)c2c1.CCOC(=O)Cc1cc(F)ccc1OCc1cc(Br)c2ccn(C(C)C)c2c1.Cl.NCc1cccc(B(O)O)c1.[Li+].[OH-]. The standard InChI is InChI=1S/C29H31FN2O3.C27H27FN2O3.C22H23BrFNO3.C12H14BrNO.C10H11FO3.C7H10BNO2.ClH.Li.H2O/c1-4-34-29(33)16-23-15-24(30)8-9-28(23)35-18-21-13-26(22-7-5-6-20(12-22)17-31)25-10-11-32(19(2)3)27(25)14-21;1-17(2)30-9-8-23-24(20-5-3-4-18(10-20)15-29)11-19(12-25(23)30)16-33-26-7-6-22(28)13-21(26)14-27(31)32;1-4-27-22(26)12-16-11-17(24)5-6-21(16)28-13-15-9-19(23)18-7-8-25(14(2)3)20(18)10-15;1-8(2)14-4-3-10-11(13)5-9(7-15)6-12(10)14;1-2-14-10(13)6-7-5-8(11)3-4-9(7)12;9-5-6-2-1-3-7(4-6)8(10)11;;;/h5-15,19H,4,16-18,31H2,1-3H3;3-13,17H,14-16,29H2,1-2H3,(H,31,32);5-11,14H,4,12-13H2,1-3H3;3-6,8,15H,7H2,1-2H3;3-5,12H,2,6H2,1H3;1-4,10-11H,5,9H2;1H;;1H2/q;;;;;;;+1;/p-1. The molecule has 11 aromatic carbocycles. The van der Waals surface area contributed by atoms with Gasteiger partial charge in [-0.2, -0.15) is 0 Å². The number of phenols is 1. The van der Waals surface area contributed by atoms with Crippen molar-refractivity contribution in [1.29, 1.82) is 0 Å². The molecule has 0 amide bonds. The van der Waals surface area contributed by atoms with Gasteiger partial charge in [-0.3, -0.25) is 19.2 Å². The van der Waals surface area contributed by atoms with E-state index in [1.165, 1.54) is 59.4 Å². The number of hydrogen-bond donors (Lipinski definition) is 8. The molecule has 0 fully saturated rings. The van der Waals surface area contributed by atoms with Crippen molar-refractivity contribution in [2.45, 2.75) is 172 Å². The summed E-state index contributed by atoms with van der Waals surface area (Å²) in [6.45, 7) is 25.4. The molecule has 0 saturated heterocycles. The first-order chi connectivity index (χ1) is 65.1. The number of carboxylic acid groups (broad SMARTS) is 1. The van der Waals surface area contributed by atoms with Gasteiger partial charge in [-0.05, 0) is 301 Å². The van der Waals surface area contributed by atoms with E-state index in [4.69, 9.17) is 61.1 Å². The Hall–Kier alpha value is -12.0. The number of esters is 3. The molecule has 15 rings (SSSR count). The Kier molecular flexibility index (Phi) is 45.2. The Balaban J connectivity index is 0.000000236. The van der Waals surface area contributed by atoms with E-state index >= 15 is 0 Å². The fourth-order valence-corrected chi connectivity index (χ4v) is 16.6. The number of hydrogen-bond acceptors (Lipinski definition) is 18. The molecule has 0 radical (unpaired) electrons. The predicted molar refractivity (Wildman–Crippen MR) is 543 cm³/mol. The molecule has 0 bridgehead atoms. The zero-order chi connectivity index (χ0) is 98.6. The summed E-state index contributed by atoms with van der Waals surface area (Å²) in [6, 6.07) is 65.5. The summed E-state index contributed by atoms with van der Waals surface area (Å²) in [7, 11) is -1.40. The van der Waals surface area contributed by atoms with Crippen molar-refractivity contribution < 1.29 is 115 Å².